The molecule has 0 aliphatic heterocycles. The first-order valence-corrected chi connectivity index (χ1v) is 6.45. The molecule has 0 aliphatic carbocycles. The molecule has 0 spiro atoms. The van der Waals surface area contributed by atoms with Gasteiger partial charge in [-0.2, -0.15) is 0 Å². The largest absolute Gasteiger partial charge is 0.480 e. The van der Waals surface area contributed by atoms with Crippen LogP contribution in [0.25, 0.3) is 0 Å². The van der Waals surface area contributed by atoms with Gasteiger partial charge in [0, 0.05) is 6.54 Å². The van der Waals surface area contributed by atoms with Gasteiger partial charge in [-0.05, 0) is 20.3 Å². The SMILES string of the molecule is CCCN(CC(=O)O)C(O)C(C=C(C)C)NC(=O)OC. The Bertz CT molecular complexity index is 353. The van der Waals surface area contributed by atoms with Crippen molar-refractivity contribution in [2.24, 2.45) is 0 Å². The van der Waals surface area contributed by atoms with Crippen molar-refractivity contribution in [3.8, 4) is 0 Å². The van der Waals surface area contributed by atoms with Crippen molar-refractivity contribution in [2.45, 2.75) is 39.5 Å². The second-order valence-electron chi connectivity index (χ2n) is 4.68. The lowest BCUT2D eigenvalue weighted by Gasteiger charge is -2.31. The number of amides is 1. The van der Waals surface area contributed by atoms with Crippen LogP contribution in [0.5, 0.6) is 0 Å². The third-order valence-electron chi connectivity index (χ3n) is 2.53. The van der Waals surface area contributed by atoms with Gasteiger partial charge in [0.05, 0.1) is 19.7 Å². The molecule has 20 heavy (non-hydrogen) atoms. The molecule has 116 valence electrons. The fourth-order valence-corrected chi connectivity index (χ4v) is 1.75. The molecule has 0 aliphatic rings. The normalized spacial score (nSPS) is 13.5. The highest BCUT2D eigenvalue weighted by Gasteiger charge is 2.26. The monoisotopic (exact) mass is 288 g/mol. The minimum absolute atomic E-state index is 0.301. The number of allylic oxidation sites excluding steroid dienone is 1. The third-order valence-corrected chi connectivity index (χ3v) is 2.53. The van der Waals surface area contributed by atoms with Gasteiger partial charge in [0.25, 0.3) is 0 Å². The number of nitrogens with one attached hydrogen (secondary N) is 1. The number of carboxylic acids is 1. The highest BCUT2D eigenvalue weighted by Crippen LogP contribution is 2.07. The van der Waals surface area contributed by atoms with Crippen LogP contribution in [0.4, 0.5) is 4.79 Å². The number of alkyl carbamates (subject to hydrolysis) is 1. The molecule has 0 rings (SSSR count). The van der Waals surface area contributed by atoms with Gasteiger partial charge in [0.2, 0.25) is 0 Å². The summed E-state index contributed by atoms with van der Waals surface area (Å²) in [5, 5.41) is 21.6. The van der Waals surface area contributed by atoms with Gasteiger partial charge in [-0.25, -0.2) is 4.79 Å². The Morgan fingerprint density at radius 1 is 1.40 bits per heavy atom. The van der Waals surface area contributed by atoms with E-state index in [1.54, 1.807) is 6.08 Å². The topological polar surface area (TPSA) is 99.1 Å². The van der Waals surface area contributed by atoms with Crippen molar-refractivity contribution in [2.75, 3.05) is 20.2 Å². The van der Waals surface area contributed by atoms with Crippen LogP contribution in [0.3, 0.4) is 0 Å². The first-order chi connectivity index (χ1) is 9.31. The van der Waals surface area contributed by atoms with Gasteiger partial charge in [-0.1, -0.05) is 18.6 Å². The first kappa shape index (κ1) is 18.4. The van der Waals surface area contributed by atoms with Gasteiger partial charge in [-0.15, -0.1) is 0 Å². The van der Waals surface area contributed by atoms with E-state index < -0.39 is 24.3 Å². The number of aliphatic hydroxyl groups excluding tert-OH is 1. The van der Waals surface area contributed by atoms with Crippen molar-refractivity contribution in [3.63, 3.8) is 0 Å². The molecule has 0 aromatic heterocycles. The molecule has 0 aromatic rings. The molecule has 0 aromatic carbocycles. The number of aliphatic hydroxyl groups is 1. The summed E-state index contributed by atoms with van der Waals surface area (Å²) >= 11 is 0. The van der Waals surface area contributed by atoms with E-state index in [-0.39, 0.29) is 6.54 Å². The number of methoxy groups -OCH3 is 1. The summed E-state index contributed by atoms with van der Waals surface area (Å²) in [4.78, 5) is 23.5. The number of hydrogen-bond acceptors (Lipinski definition) is 5. The first-order valence-electron chi connectivity index (χ1n) is 6.45. The molecule has 0 heterocycles. The highest BCUT2D eigenvalue weighted by molar-refractivity contribution is 5.69. The Labute approximate surface area is 119 Å². The molecule has 0 saturated heterocycles. The zero-order chi connectivity index (χ0) is 15.7. The van der Waals surface area contributed by atoms with E-state index in [4.69, 9.17) is 5.11 Å². The Hall–Kier alpha value is -1.60. The van der Waals surface area contributed by atoms with Crippen molar-refractivity contribution in [1.82, 2.24) is 10.2 Å². The van der Waals surface area contributed by atoms with Gasteiger partial charge >= 0.3 is 12.1 Å². The lowest BCUT2D eigenvalue weighted by atomic mass is 10.1. The van der Waals surface area contributed by atoms with E-state index in [2.05, 4.69) is 10.1 Å². The molecule has 7 heteroatoms. The van der Waals surface area contributed by atoms with Crippen LogP contribution < -0.4 is 5.32 Å². The van der Waals surface area contributed by atoms with Gasteiger partial charge in [0.1, 0.15) is 6.23 Å². The van der Waals surface area contributed by atoms with Crippen LogP contribution in [0.15, 0.2) is 11.6 Å². The smallest absolute Gasteiger partial charge is 0.407 e. The quantitative estimate of drug-likeness (QED) is 0.451. The number of carbonyl (C=O) groups excluding carboxylic acids is 1. The minimum Gasteiger partial charge on any atom is -0.480 e. The number of aliphatic carboxylic acids is 1. The summed E-state index contributed by atoms with van der Waals surface area (Å²) in [5.74, 6) is -1.04. The van der Waals surface area contributed by atoms with Crippen LogP contribution in [-0.4, -0.2) is 59.6 Å². The van der Waals surface area contributed by atoms with E-state index in [0.29, 0.717) is 13.0 Å². The van der Waals surface area contributed by atoms with Crippen LogP contribution in [0, 0.1) is 0 Å². The average Bonchev–Trinajstić information content (AvgIpc) is 2.35. The minimum atomic E-state index is -1.14. The van der Waals surface area contributed by atoms with Crippen LogP contribution >= 0.6 is 0 Å². The Morgan fingerprint density at radius 3 is 2.40 bits per heavy atom. The lowest BCUT2D eigenvalue weighted by Crippen LogP contribution is -2.52. The van der Waals surface area contributed by atoms with Crippen LogP contribution in [0.2, 0.25) is 0 Å². The molecule has 0 fully saturated rings. The number of carbonyl (C=O) groups is 2. The molecular formula is C13H24N2O5. The number of rotatable bonds is 8. The maximum absolute atomic E-state index is 11.3. The number of hydrogen-bond donors (Lipinski definition) is 3. The summed E-state index contributed by atoms with van der Waals surface area (Å²) in [6.45, 7) is 5.62. The van der Waals surface area contributed by atoms with Crippen molar-refractivity contribution in [3.05, 3.63) is 11.6 Å². The summed E-state index contributed by atoms with van der Waals surface area (Å²) in [7, 11) is 1.22. The van der Waals surface area contributed by atoms with E-state index in [9.17, 15) is 14.7 Å². The molecule has 2 atom stereocenters. The van der Waals surface area contributed by atoms with Crippen molar-refractivity contribution < 1.29 is 24.5 Å². The standard InChI is InChI=1S/C13H24N2O5/c1-5-6-15(8-11(16)17)12(18)10(7-9(2)3)14-13(19)20-4/h7,10,12,18H,5-6,8H2,1-4H3,(H,14,19)(H,16,17). The van der Waals surface area contributed by atoms with E-state index in [1.807, 2.05) is 20.8 Å². The van der Waals surface area contributed by atoms with Crippen LogP contribution in [-0.2, 0) is 9.53 Å². The molecule has 0 bridgehead atoms. The molecule has 0 radical (unpaired) electrons. The zero-order valence-corrected chi connectivity index (χ0v) is 12.4. The number of ether oxygens (including phenoxy) is 1. The fourth-order valence-electron chi connectivity index (χ4n) is 1.75. The van der Waals surface area contributed by atoms with E-state index in [1.165, 1.54) is 12.0 Å². The molecule has 0 saturated carbocycles. The number of nitrogens with zero attached hydrogens (tertiary/aromatic N) is 1. The molecule has 2 unspecified atom stereocenters. The Morgan fingerprint density at radius 2 is 2.00 bits per heavy atom. The van der Waals surface area contributed by atoms with Gasteiger partial charge < -0.3 is 20.3 Å². The van der Waals surface area contributed by atoms with E-state index in [0.717, 1.165) is 5.57 Å². The second kappa shape index (κ2) is 9.33. The van der Waals surface area contributed by atoms with Crippen molar-refractivity contribution >= 4 is 12.1 Å². The Balaban J connectivity index is 5.03. The van der Waals surface area contributed by atoms with E-state index >= 15 is 0 Å². The maximum Gasteiger partial charge on any atom is 0.407 e. The Kier molecular flexibility index (Phi) is 8.58. The van der Waals surface area contributed by atoms with Crippen LogP contribution in [0.1, 0.15) is 27.2 Å². The summed E-state index contributed by atoms with van der Waals surface area (Å²) < 4.78 is 4.51. The van der Waals surface area contributed by atoms with Gasteiger partial charge in [-0.3, -0.25) is 9.69 Å². The molecule has 1 amide bonds. The maximum atomic E-state index is 11.3. The molecular weight excluding hydrogens is 264 g/mol. The average molecular weight is 288 g/mol. The van der Waals surface area contributed by atoms with Crippen molar-refractivity contribution in [1.29, 1.82) is 0 Å². The summed E-state index contributed by atoms with van der Waals surface area (Å²) in [6.07, 6.45) is 0.523. The molecule has 3 N–H and O–H groups in total. The van der Waals surface area contributed by atoms with Gasteiger partial charge in [0.15, 0.2) is 0 Å². The highest BCUT2D eigenvalue weighted by atomic mass is 16.5. The second-order valence-corrected chi connectivity index (χ2v) is 4.68. The third kappa shape index (κ3) is 7.10. The predicted molar refractivity (Wildman–Crippen MR) is 74.3 cm³/mol. The summed E-state index contributed by atoms with van der Waals surface area (Å²) in [6, 6.07) is -0.738. The predicted octanol–water partition coefficient (Wildman–Crippen LogP) is 0.792. The zero-order valence-electron chi connectivity index (χ0n) is 12.4. The lowest BCUT2D eigenvalue weighted by molar-refractivity contribution is -0.141. The summed E-state index contributed by atoms with van der Waals surface area (Å²) in [5.41, 5.74) is 0.886. The fraction of sp³-hybridized carbons (Fsp3) is 0.692. The molecule has 7 nitrogen and oxygen atoms in total. The number of carboxylic acid groups (broad SMARTS) is 1.